The first-order chi connectivity index (χ1) is 12.3. The fraction of sp³-hybridized carbons (Fsp3) is 0.294. The topological polar surface area (TPSA) is 112 Å². The summed E-state index contributed by atoms with van der Waals surface area (Å²) < 4.78 is 23.4. The fourth-order valence-electron chi connectivity index (χ4n) is 2.51. The van der Waals surface area contributed by atoms with Crippen molar-refractivity contribution in [2.75, 3.05) is 13.2 Å². The number of esters is 1. The third-order valence-corrected chi connectivity index (χ3v) is 3.67. The van der Waals surface area contributed by atoms with Gasteiger partial charge in [-0.05, 0) is 32.4 Å². The number of Topliss-reactive ketones (excluding diaryl/α,β-unsaturated/α-hetero) is 1. The number of nitrogens with zero attached hydrogens (tertiary/aromatic N) is 1. The maximum Gasteiger partial charge on any atom is 0.340 e. The average Bonchev–Trinajstić information content (AvgIpc) is 2.87. The molecule has 8 nitrogen and oxygen atoms in total. The van der Waals surface area contributed by atoms with Gasteiger partial charge >= 0.3 is 11.7 Å². The van der Waals surface area contributed by atoms with Crippen LogP contribution in [0.1, 0.15) is 39.0 Å². The van der Waals surface area contributed by atoms with E-state index in [0.717, 1.165) is 18.2 Å². The van der Waals surface area contributed by atoms with E-state index in [2.05, 4.69) is 4.98 Å². The van der Waals surface area contributed by atoms with Crippen LogP contribution in [-0.2, 0) is 4.74 Å². The zero-order valence-corrected chi connectivity index (χ0v) is 14.4. The van der Waals surface area contributed by atoms with Crippen LogP contribution in [0.3, 0.4) is 0 Å². The number of aromatic nitrogens is 1. The quantitative estimate of drug-likeness (QED) is 0.350. The van der Waals surface area contributed by atoms with Crippen molar-refractivity contribution >= 4 is 17.4 Å². The Morgan fingerprint density at radius 3 is 2.62 bits per heavy atom. The van der Waals surface area contributed by atoms with Crippen molar-refractivity contribution in [1.29, 1.82) is 0 Å². The van der Waals surface area contributed by atoms with Gasteiger partial charge in [-0.2, -0.15) is 0 Å². The number of aromatic amines is 1. The molecule has 0 unspecified atom stereocenters. The van der Waals surface area contributed by atoms with E-state index in [1.165, 1.54) is 0 Å². The van der Waals surface area contributed by atoms with Crippen LogP contribution in [0.25, 0.3) is 0 Å². The second-order valence-electron chi connectivity index (χ2n) is 5.43. The van der Waals surface area contributed by atoms with Gasteiger partial charge in [0.15, 0.2) is 12.4 Å². The summed E-state index contributed by atoms with van der Waals surface area (Å²) in [5.74, 6) is -2.18. The first-order valence-corrected chi connectivity index (χ1v) is 7.72. The number of H-pyrrole nitrogens is 1. The second-order valence-corrected chi connectivity index (χ2v) is 5.43. The van der Waals surface area contributed by atoms with Gasteiger partial charge in [0, 0.05) is 17.8 Å². The minimum Gasteiger partial charge on any atom is -0.478 e. The van der Waals surface area contributed by atoms with Crippen molar-refractivity contribution in [1.82, 2.24) is 4.98 Å². The summed E-state index contributed by atoms with van der Waals surface area (Å²) in [7, 11) is 0. The smallest absolute Gasteiger partial charge is 0.340 e. The van der Waals surface area contributed by atoms with Crippen LogP contribution >= 0.6 is 0 Å². The second kappa shape index (κ2) is 7.77. The van der Waals surface area contributed by atoms with E-state index in [4.69, 9.17) is 9.47 Å². The van der Waals surface area contributed by atoms with Crippen LogP contribution in [-0.4, -0.2) is 34.9 Å². The Morgan fingerprint density at radius 1 is 1.31 bits per heavy atom. The molecule has 0 amide bonds. The first-order valence-electron chi connectivity index (χ1n) is 7.72. The Morgan fingerprint density at radius 2 is 2.00 bits per heavy atom. The van der Waals surface area contributed by atoms with E-state index in [1.54, 1.807) is 20.8 Å². The number of halogens is 1. The number of hydrogen-bond acceptors (Lipinski definition) is 6. The Labute approximate surface area is 148 Å². The zero-order valence-electron chi connectivity index (χ0n) is 14.4. The molecule has 2 aromatic rings. The van der Waals surface area contributed by atoms with Crippen molar-refractivity contribution in [3.8, 4) is 5.75 Å². The molecule has 0 atom stereocenters. The molecule has 0 aliphatic rings. The largest absolute Gasteiger partial charge is 0.478 e. The summed E-state index contributed by atoms with van der Waals surface area (Å²) >= 11 is 0. The summed E-state index contributed by atoms with van der Waals surface area (Å²) in [5, 5.41) is 10.9. The molecule has 1 heterocycles. The minimum absolute atomic E-state index is 0.129. The van der Waals surface area contributed by atoms with Crippen molar-refractivity contribution in [3.05, 3.63) is 56.6 Å². The van der Waals surface area contributed by atoms with E-state index in [0.29, 0.717) is 11.3 Å². The number of rotatable bonds is 7. The average molecular weight is 364 g/mol. The summed E-state index contributed by atoms with van der Waals surface area (Å²) in [4.78, 5) is 37.3. The summed E-state index contributed by atoms with van der Waals surface area (Å²) in [5.41, 5.74) is 0.784. The minimum atomic E-state index is -0.734. The van der Waals surface area contributed by atoms with Gasteiger partial charge in [0.1, 0.15) is 5.82 Å². The van der Waals surface area contributed by atoms with E-state index in [9.17, 15) is 24.1 Å². The number of ketones is 1. The number of carbonyl (C=O) groups is 2. The monoisotopic (exact) mass is 364 g/mol. The highest BCUT2D eigenvalue weighted by molar-refractivity contribution is 6.02. The van der Waals surface area contributed by atoms with Gasteiger partial charge < -0.3 is 14.5 Å². The highest BCUT2D eigenvalue weighted by Crippen LogP contribution is 2.28. The molecule has 138 valence electrons. The highest BCUT2D eigenvalue weighted by atomic mass is 19.1. The van der Waals surface area contributed by atoms with Gasteiger partial charge in [0.25, 0.3) is 0 Å². The lowest BCUT2D eigenvalue weighted by Crippen LogP contribution is -2.14. The summed E-state index contributed by atoms with van der Waals surface area (Å²) in [6.07, 6.45) is 0. The lowest BCUT2D eigenvalue weighted by Gasteiger charge is -2.06. The number of nitrogens with one attached hydrogen (secondary N) is 1. The van der Waals surface area contributed by atoms with Crippen LogP contribution in [0.15, 0.2) is 18.2 Å². The van der Waals surface area contributed by atoms with Crippen molar-refractivity contribution < 1.29 is 28.4 Å². The van der Waals surface area contributed by atoms with Gasteiger partial charge in [0.2, 0.25) is 5.78 Å². The molecular formula is C17H17FN2O6. The normalized spacial score (nSPS) is 10.5. The molecule has 26 heavy (non-hydrogen) atoms. The summed E-state index contributed by atoms with van der Waals surface area (Å²) in [6.45, 7) is 4.49. The fourth-order valence-corrected chi connectivity index (χ4v) is 2.51. The van der Waals surface area contributed by atoms with Crippen LogP contribution in [0, 0.1) is 29.8 Å². The van der Waals surface area contributed by atoms with E-state index in [-0.39, 0.29) is 23.6 Å². The predicted octanol–water partition coefficient (Wildman–Crippen LogP) is 3.12. The third-order valence-electron chi connectivity index (χ3n) is 3.67. The number of nitro benzene ring substituents is 1. The number of benzene rings is 1. The van der Waals surface area contributed by atoms with Gasteiger partial charge in [0.05, 0.1) is 22.8 Å². The molecular weight excluding hydrogens is 347 g/mol. The SMILES string of the molecule is CCOC(=O)c1c(C)[nH]c(C(=O)COc2cc(F)ccc2[N+](=O)[O-])c1C. The lowest BCUT2D eigenvalue weighted by molar-refractivity contribution is -0.385. The van der Waals surface area contributed by atoms with Crippen LogP contribution < -0.4 is 4.74 Å². The van der Waals surface area contributed by atoms with E-state index >= 15 is 0 Å². The first kappa shape index (κ1) is 19.1. The van der Waals surface area contributed by atoms with Gasteiger partial charge in [-0.1, -0.05) is 0 Å². The molecule has 0 bridgehead atoms. The van der Waals surface area contributed by atoms with Crippen molar-refractivity contribution in [2.45, 2.75) is 20.8 Å². The van der Waals surface area contributed by atoms with E-state index < -0.39 is 34.8 Å². The molecule has 1 aromatic heterocycles. The molecule has 2 rings (SSSR count). The number of aryl methyl sites for hydroxylation is 1. The van der Waals surface area contributed by atoms with Crippen LogP contribution in [0.5, 0.6) is 5.75 Å². The molecule has 9 heteroatoms. The predicted molar refractivity (Wildman–Crippen MR) is 89.1 cm³/mol. The van der Waals surface area contributed by atoms with Crippen molar-refractivity contribution in [3.63, 3.8) is 0 Å². The molecule has 0 spiro atoms. The lowest BCUT2D eigenvalue weighted by atomic mass is 10.1. The maximum absolute atomic E-state index is 13.3. The standard InChI is InChI=1S/C17H17FN2O6/c1-4-25-17(22)15-9(2)16(19-10(15)3)13(21)8-26-14-7-11(18)5-6-12(14)20(23)24/h5-7,19H,4,8H2,1-3H3. The van der Waals surface area contributed by atoms with Crippen LogP contribution in [0.4, 0.5) is 10.1 Å². The maximum atomic E-state index is 13.3. The Kier molecular flexibility index (Phi) is 5.71. The van der Waals surface area contributed by atoms with Gasteiger partial charge in [-0.25, -0.2) is 9.18 Å². The Bertz CT molecular complexity index is 874. The molecule has 0 aliphatic heterocycles. The van der Waals surface area contributed by atoms with Gasteiger partial charge in [-0.15, -0.1) is 0 Å². The number of carbonyl (C=O) groups excluding carboxylic acids is 2. The molecule has 0 radical (unpaired) electrons. The molecule has 0 fully saturated rings. The highest BCUT2D eigenvalue weighted by Gasteiger charge is 2.24. The molecule has 0 saturated heterocycles. The number of hydrogen-bond donors (Lipinski definition) is 1. The number of ether oxygens (including phenoxy) is 2. The molecule has 0 aliphatic carbocycles. The van der Waals surface area contributed by atoms with Crippen molar-refractivity contribution in [2.24, 2.45) is 0 Å². The van der Waals surface area contributed by atoms with E-state index in [1.807, 2.05) is 0 Å². The molecule has 1 aromatic carbocycles. The Balaban J connectivity index is 2.22. The summed E-state index contributed by atoms with van der Waals surface area (Å²) in [6, 6.07) is 2.72. The molecule has 1 N–H and O–H groups in total. The Hall–Kier alpha value is -3.23. The van der Waals surface area contributed by atoms with Crippen LogP contribution in [0.2, 0.25) is 0 Å². The molecule has 0 saturated carbocycles. The van der Waals surface area contributed by atoms with Gasteiger partial charge in [-0.3, -0.25) is 14.9 Å². The third kappa shape index (κ3) is 3.88. The number of nitro groups is 1. The zero-order chi connectivity index (χ0) is 19.4.